The maximum atomic E-state index is 10.2. The Morgan fingerprint density at radius 1 is 1.32 bits per heavy atom. The Morgan fingerprint density at radius 3 is 2.42 bits per heavy atom. The number of rotatable bonds is 7. The molecule has 1 aliphatic rings. The maximum Gasteiger partial charge on any atom is 0.146 e. The zero-order chi connectivity index (χ0) is 14.4. The first-order chi connectivity index (χ1) is 8.99. The molecule has 0 saturated heterocycles. The summed E-state index contributed by atoms with van der Waals surface area (Å²) >= 11 is 12.8. The topological polar surface area (TPSA) is 72.7 Å². The van der Waals surface area contributed by atoms with Gasteiger partial charge in [0.05, 0.1) is 18.8 Å². The van der Waals surface area contributed by atoms with Crippen molar-refractivity contribution in [2.75, 3.05) is 12.9 Å². The second-order valence-electron chi connectivity index (χ2n) is 4.63. The van der Waals surface area contributed by atoms with Crippen molar-refractivity contribution in [1.82, 2.24) is 5.32 Å². The van der Waals surface area contributed by atoms with E-state index in [0.29, 0.717) is 5.25 Å². The van der Waals surface area contributed by atoms with Crippen molar-refractivity contribution in [3.05, 3.63) is 12.2 Å². The van der Waals surface area contributed by atoms with Crippen LogP contribution in [0.1, 0.15) is 12.8 Å². The fourth-order valence-corrected chi connectivity index (χ4v) is 2.91. The minimum atomic E-state index is -1.18. The molecule has 112 valence electrons. The van der Waals surface area contributed by atoms with Crippen LogP contribution in [0.3, 0.4) is 0 Å². The molecule has 7 heteroatoms. The summed E-state index contributed by atoms with van der Waals surface area (Å²) in [6, 6.07) is -0.657. The van der Waals surface area contributed by atoms with E-state index in [4.69, 9.17) is 23.2 Å². The van der Waals surface area contributed by atoms with Crippen molar-refractivity contribution in [2.24, 2.45) is 5.92 Å². The first-order valence-corrected chi connectivity index (χ1v) is 8.38. The molecule has 1 rings (SSSR count). The predicted molar refractivity (Wildman–Crippen MR) is 80.7 cm³/mol. The van der Waals surface area contributed by atoms with Gasteiger partial charge in [-0.05, 0) is 19.1 Å². The van der Waals surface area contributed by atoms with Gasteiger partial charge in [-0.25, -0.2) is 0 Å². The number of halogens is 2. The molecule has 19 heavy (non-hydrogen) atoms. The largest absolute Gasteiger partial charge is 0.395 e. The first-order valence-electron chi connectivity index (χ1n) is 6.22. The summed E-state index contributed by atoms with van der Waals surface area (Å²) in [4.78, 5) is -1.01. The molecule has 0 spiro atoms. The van der Waals surface area contributed by atoms with Crippen LogP contribution in [-0.4, -0.2) is 56.6 Å². The van der Waals surface area contributed by atoms with Crippen LogP contribution in [0.25, 0.3) is 0 Å². The molecular formula is C12H21Cl2NO3S. The number of thioether (sulfide) groups is 1. The van der Waals surface area contributed by atoms with Crippen LogP contribution in [0.5, 0.6) is 0 Å². The Morgan fingerprint density at radius 2 is 2.00 bits per heavy atom. The smallest absolute Gasteiger partial charge is 0.146 e. The van der Waals surface area contributed by atoms with Gasteiger partial charge in [0.2, 0.25) is 0 Å². The highest BCUT2D eigenvalue weighted by Crippen LogP contribution is 2.28. The highest BCUT2D eigenvalue weighted by atomic mass is 35.5. The molecular weight excluding hydrogens is 309 g/mol. The highest BCUT2D eigenvalue weighted by Gasteiger charge is 2.30. The van der Waals surface area contributed by atoms with Crippen LogP contribution in [-0.2, 0) is 0 Å². The maximum absolute atomic E-state index is 10.2. The number of alkyl halides is 2. The molecule has 0 aromatic heterocycles. The fourth-order valence-electron chi connectivity index (χ4n) is 2.15. The van der Waals surface area contributed by atoms with Crippen molar-refractivity contribution >= 4 is 35.0 Å². The Bertz CT molecular complexity index is 294. The average Bonchev–Trinajstić information content (AvgIpc) is 2.43. The van der Waals surface area contributed by atoms with Gasteiger partial charge in [0, 0.05) is 11.2 Å². The molecule has 4 N–H and O–H groups in total. The van der Waals surface area contributed by atoms with Gasteiger partial charge < -0.3 is 15.3 Å². The average molecular weight is 330 g/mol. The molecule has 0 bridgehead atoms. The van der Waals surface area contributed by atoms with E-state index in [1.54, 1.807) is 11.8 Å². The summed E-state index contributed by atoms with van der Waals surface area (Å²) in [6.07, 6.45) is 5.99. The van der Waals surface area contributed by atoms with Crippen molar-refractivity contribution in [3.63, 3.8) is 0 Å². The summed E-state index contributed by atoms with van der Waals surface area (Å²) in [5, 5.41) is 32.2. The Kier molecular flexibility index (Phi) is 8.06. The number of hydrogen-bond acceptors (Lipinski definition) is 5. The van der Waals surface area contributed by atoms with Crippen LogP contribution in [0, 0.1) is 5.92 Å². The molecule has 0 heterocycles. The summed E-state index contributed by atoms with van der Waals surface area (Å²) in [6.45, 7) is -0.297. The summed E-state index contributed by atoms with van der Waals surface area (Å²) in [5.41, 5.74) is 0. The number of aliphatic hydroxyl groups is 3. The van der Waals surface area contributed by atoms with Gasteiger partial charge in [0.1, 0.15) is 11.1 Å². The van der Waals surface area contributed by atoms with Crippen LogP contribution >= 0.6 is 35.0 Å². The Balaban J connectivity index is 2.56. The fraction of sp³-hybridized carbons (Fsp3) is 0.833. The van der Waals surface area contributed by atoms with Gasteiger partial charge in [-0.1, -0.05) is 12.2 Å². The molecule has 0 fully saturated rings. The van der Waals surface area contributed by atoms with Crippen LogP contribution in [0.15, 0.2) is 12.2 Å². The Labute approximate surface area is 128 Å². The first kappa shape index (κ1) is 17.6. The van der Waals surface area contributed by atoms with Crippen LogP contribution < -0.4 is 5.32 Å². The zero-order valence-electron chi connectivity index (χ0n) is 10.7. The summed E-state index contributed by atoms with van der Waals surface area (Å²) in [5.74, 6) is -0.0376. The van der Waals surface area contributed by atoms with Gasteiger partial charge in [0.15, 0.2) is 0 Å². The predicted octanol–water partition coefficient (Wildman–Crippen LogP) is 1.12. The van der Waals surface area contributed by atoms with E-state index in [1.165, 1.54) is 0 Å². The third-order valence-corrected chi connectivity index (χ3v) is 4.81. The molecule has 5 atom stereocenters. The summed E-state index contributed by atoms with van der Waals surface area (Å²) in [7, 11) is 0. The SMILES string of the molecule is CSC1C=CC(C(O)C(CO)NC(O)C(Cl)Cl)CC1. The lowest BCUT2D eigenvalue weighted by molar-refractivity contribution is 0.0224. The third kappa shape index (κ3) is 5.42. The quantitative estimate of drug-likeness (QED) is 0.320. The minimum Gasteiger partial charge on any atom is -0.395 e. The van der Waals surface area contributed by atoms with Gasteiger partial charge in [-0.15, -0.1) is 23.2 Å². The summed E-state index contributed by atoms with van der Waals surface area (Å²) < 4.78 is 0. The van der Waals surface area contributed by atoms with E-state index >= 15 is 0 Å². The van der Waals surface area contributed by atoms with Crippen molar-refractivity contribution < 1.29 is 15.3 Å². The molecule has 1 aliphatic carbocycles. The van der Waals surface area contributed by atoms with Gasteiger partial charge in [0.25, 0.3) is 0 Å². The molecule has 0 radical (unpaired) electrons. The van der Waals surface area contributed by atoms with Gasteiger partial charge in [-0.2, -0.15) is 11.8 Å². The van der Waals surface area contributed by atoms with E-state index in [9.17, 15) is 15.3 Å². The number of nitrogens with one attached hydrogen (secondary N) is 1. The van der Waals surface area contributed by atoms with Crippen molar-refractivity contribution in [2.45, 2.75) is 41.3 Å². The lowest BCUT2D eigenvalue weighted by Crippen LogP contribution is -2.52. The zero-order valence-corrected chi connectivity index (χ0v) is 13.1. The van der Waals surface area contributed by atoms with E-state index in [-0.39, 0.29) is 12.5 Å². The molecule has 0 aromatic carbocycles. The standard InChI is InChI=1S/C12H21Cl2NO3S/c1-19-8-4-2-7(3-5-8)10(17)9(6-16)15-12(18)11(13)14/h2,4,7-12,15-18H,3,5-6H2,1H3. The molecule has 0 aliphatic heterocycles. The normalized spacial score (nSPS) is 28.4. The third-order valence-electron chi connectivity index (χ3n) is 3.33. The number of hydrogen-bond donors (Lipinski definition) is 4. The van der Waals surface area contributed by atoms with Crippen LogP contribution in [0.2, 0.25) is 0 Å². The van der Waals surface area contributed by atoms with E-state index in [0.717, 1.165) is 12.8 Å². The van der Waals surface area contributed by atoms with E-state index in [1.807, 2.05) is 6.08 Å². The lowest BCUT2D eigenvalue weighted by Gasteiger charge is -2.32. The molecule has 0 amide bonds. The second-order valence-corrected chi connectivity index (χ2v) is 6.87. The van der Waals surface area contributed by atoms with E-state index < -0.39 is 23.2 Å². The van der Waals surface area contributed by atoms with Crippen molar-refractivity contribution in [1.29, 1.82) is 0 Å². The lowest BCUT2D eigenvalue weighted by atomic mass is 9.87. The van der Waals surface area contributed by atoms with E-state index in [2.05, 4.69) is 17.6 Å². The molecule has 5 unspecified atom stereocenters. The second kappa shape index (κ2) is 8.72. The monoisotopic (exact) mass is 329 g/mol. The Hall–Kier alpha value is 0.510. The molecule has 0 saturated carbocycles. The van der Waals surface area contributed by atoms with Crippen molar-refractivity contribution in [3.8, 4) is 0 Å². The number of aliphatic hydroxyl groups excluding tert-OH is 3. The molecule has 0 aromatic rings. The van der Waals surface area contributed by atoms with Gasteiger partial charge in [-0.3, -0.25) is 5.32 Å². The van der Waals surface area contributed by atoms with Gasteiger partial charge >= 0.3 is 0 Å². The van der Waals surface area contributed by atoms with Crippen LogP contribution in [0.4, 0.5) is 0 Å². The molecule has 4 nitrogen and oxygen atoms in total. The minimum absolute atomic E-state index is 0.0376. The highest BCUT2D eigenvalue weighted by molar-refractivity contribution is 7.99.